The van der Waals surface area contributed by atoms with E-state index in [0.717, 1.165) is 20.2 Å². The second-order valence-electron chi connectivity index (χ2n) is 5.40. The molecule has 0 spiro atoms. The van der Waals surface area contributed by atoms with Crippen LogP contribution in [-0.2, 0) is 0 Å². The Bertz CT molecular complexity index is 994. The Morgan fingerprint density at radius 3 is 2.50 bits per heavy atom. The molecular weight excluding hydrogens is 481 g/mol. The number of nitrogens with one attached hydrogen (secondary N) is 2. The Balaban J connectivity index is 1.93. The minimum atomic E-state index is 0.332. The lowest BCUT2D eigenvalue weighted by atomic mass is 10.2. The largest absolute Gasteiger partial charge is 0.337 e. The van der Waals surface area contributed by atoms with Gasteiger partial charge in [0.25, 0.3) is 0 Å². The number of nitrogens with zero attached hydrogens (tertiary/aromatic N) is 3. The van der Waals surface area contributed by atoms with Gasteiger partial charge in [-0.05, 0) is 68.6 Å². The minimum absolute atomic E-state index is 0.332. The van der Waals surface area contributed by atoms with E-state index in [0.29, 0.717) is 28.0 Å². The van der Waals surface area contributed by atoms with Gasteiger partial charge in [0.2, 0.25) is 5.95 Å². The average Bonchev–Trinajstić information content (AvgIpc) is 2.61. The minimum Gasteiger partial charge on any atom is -0.337 e. The molecule has 0 aliphatic carbocycles. The van der Waals surface area contributed by atoms with Crippen molar-refractivity contribution in [2.45, 2.75) is 6.92 Å². The van der Waals surface area contributed by atoms with Crippen LogP contribution in [0.2, 0.25) is 5.02 Å². The summed E-state index contributed by atoms with van der Waals surface area (Å²) in [6, 6.07) is 13.2. The molecule has 130 valence electrons. The van der Waals surface area contributed by atoms with Gasteiger partial charge >= 0.3 is 0 Å². The highest BCUT2D eigenvalue weighted by Gasteiger charge is 2.12. The lowest BCUT2D eigenvalue weighted by molar-refractivity contribution is 1.16. The van der Waals surface area contributed by atoms with E-state index in [1.807, 2.05) is 25.1 Å². The number of halogens is 3. The van der Waals surface area contributed by atoms with Gasteiger partial charge < -0.3 is 10.6 Å². The molecule has 0 amide bonds. The molecule has 26 heavy (non-hydrogen) atoms. The molecule has 5 nitrogen and oxygen atoms in total. The first-order valence-electron chi connectivity index (χ1n) is 7.49. The maximum absolute atomic E-state index is 9.20. The van der Waals surface area contributed by atoms with Crippen LogP contribution in [0, 0.1) is 18.3 Å². The highest BCUT2D eigenvalue weighted by molar-refractivity contribution is 9.11. The molecule has 0 fully saturated rings. The van der Waals surface area contributed by atoms with Crippen molar-refractivity contribution < 1.29 is 0 Å². The van der Waals surface area contributed by atoms with Gasteiger partial charge in [-0.2, -0.15) is 10.2 Å². The highest BCUT2D eigenvalue weighted by atomic mass is 79.9. The first-order valence-corrected chi connectivity index (χ1v) is 9.45. The van der Waals surface area contributed by atoms with Crippen LogP contribution >= 0.6 is 43.5 Å². The number of anilines is 4. The van der Waals surface area contributed by atoms with Gasteiger partial charge in [0, 0.05) is 8.95 Å². The maximum atomic E-state index is 9.20. The molecule has 2 aromatic carbocycles. The zero-order valence-electron chi connectivity index (χ0n) is 13.5. The monoisotopic (exact) mass is 491 g/mol. The molecule has 0 saturated carbocycles. The zero-order chi connectivity index (χ0) is 18.7. The fourth-order valence-electron chi connectivity index (χ4n) is 2.26. The number of benzene rings is 2. The lowest BCUT2D eigenvalue weighted by Crippen LogP contribution is -2.03. The van der Waals surface area contributed by atoms with Crippen molar-refractivity contribution in [1.29, 1.82) is 5.26 Å². The van der Waals surface area contributed by atoms with Crippen LogP contribution in [0.3, 0.4) is 0 Å². The van der Waals surface area contributed by atoms with E-state index in [4.69, 9.17) is 11.6 Å². The summed E-state index contributed by atoms with van der Waals surface area (Å²) in [6.45, 7) is 2.01. The number of aryl methyl sites for hydroxylation is 1. The molecule has 0 radical (unpaired) electrons. The maximum Gasteiger partial charge on any atom is 0.229 e. The number of nitriles is 1. The second kappa shape index (κ2) is 8.04. The fraction of sp³-hybridized carbons (Fsp3) is 0.0556. The molecule has 0 atom stereocenters. The Kier molecular flexibility index (Phi) is 5.77. The van der Waals surface area contributed by atoms with E-state index < -0.39 is 0 Å². The summed E-state index contributed by atoms with van der Waals surface area (Å²) in [6.07, 6.45) is 1.50. The zero-order valence-corrected chi connectivity index (χ0v) is 17.4. The fourth-order valence-corrected chi connectivity index (χ4v) is 4.01. The van der Waals surface area contributed by atoms with Crippen molar-refractivity contribution in [2.24, 2.45) is 0 Å². The SMILES string of the molecule is Cc1cc(Br)c(Nc2nc(Nc3ccccc3C#N)ncc2Cl)c(Br)c1. The average molecular weight is 494 g/mol. The molecule has 3 rings (SSSR count). The Morgan fingerprint density at radius 2 is 1.81 bits per heavy atom. The predicted octanol–water partition coefficient (Wildman–Crippen LogP) is 6.32. The second-order valence-corrected chi connectivity index (χ2v) is 7.52. The van der Waals surface area contributed by atoms with Crippen molar-refractivity contribution >= 4 is 66.6 Å². The predicted molar refractivity (Wildman–Crippen MR) is 111 cm³/mol. The van der Waals surface area contributed by atoms with Gasteiger partial charge in [0.15, 0.2) is 5.82 Å². The third kappa shape index (κ3) is 4.15. The third-order valence-corrected chi connectivity index (χ3v) is 5.00. The molecule has 1 heterocycles. The molecular formula is C18H12Br2ClN5. The molecule has 8 heteroatoms. The van der Waals surface area contributed by atoms with Gasteiger partial charge in [-0.1, -0.05) is 23.7 Å². The van der Waals surface area contributed by atoms with Crippen LogP contribution in [0.25, 0.3) is 0 Å². The highest BCUT2D eigenvalue weighted by Crippen LogP contribution is 2.36. The number of hydrogen-bond donors (Lipinski definition) is 2. The number of aromatic nitrogens is 2. The molecule has 0 aliphatic rings. The summed E-state index contributed by atoms with van der Waals surface area (Å²) >= 11 is 13.3. The standard InChI is InChI=1S/C18H12Br2ClN5/c1-10-6-12(19)16(13(20)7-10)25-17-14(21)9-23-18(26-17)24-15-5-3-2-4-11(15)8-22/h2-7,9H,1H3,(H2,23,24,25,26). The molecule has 0 bridgehead atoms. The Labute approximate surface area is 172 Å². The summed E-state index contributed by atoms with van der Waals surface area (Å²) in [7, 11) is 0. The van der Waals surface area contributed by atoms with Gasteiger partial charge in [0.05, 0.1) is 23.1 Å². The Morgan fingerprint density at radius 1 is 1.12 bits per heavy atom. The number of hydrogen-bond acceptors (Lipinski definition) is 5. The van der Waals surface area contributed by atoms with E-state index in [-0.39, 0.29) is 0 Å². The summed E-state index contributed by atoms with van der Waals surface area (Å²) in [5.41, 5.74) is 3.05. The number of para-hydroxylation sites is 1. The summed E-state index contributed by atoms with van der Waals surface area (Å²) in [4.78, 5) is 8.61. The normalized spacial score (nSPS) is 10.3. The summed E-state index contributed by atoms with van der Waals surface area (Å²) < 4.78 is 1.76. The molecule has 0 aliphatic heterocycles. The lowest BCUT2D eigenvalue weighted by Gasteiger charge is -2.13. The molecule has 1 aromatic heterocycles. The smallest absolute Gasteiger partial charge is 0.229 e. The topological polar surface area (TPSA) is 73.6 Å². The third-order valence-electron chi connectivity index (χ3n) is 3.47. The van der Waals surface area contributed by atoms with Gasteiger partial charge in [-0.15, -0.1) is 0 Å². The molecule has 0 saturated heterocycles. The first-order chi connectivity index (χ1) is 12.5. The van der Waals surface area contributed by atoms with Gasteiger partial charge in [0.1, 0.15) is 11.1 Å². The van der Waals surface area contributed by atoms with Crippen LogP contribution in [0.4, 0.5) is 23.1 Å². The molecule has 2 N–H and O–H groups in total. The van der Waals surface area contributed by atoms with Crippen LogP contribution in [0.5, 0.6) is 0 Å². The van der Waals surface area contributed by atoms with E-state index >= 15 is 0 Å². The quantitative estimate of drug-likeness (QED) is 0.445. The van der Waals surface area contributed by atoms with E-state index in [2.05, 4.69) is 58.5 Å². The first kappa shape index (κ1) is 18.6. The summed E-state index contributed by atoms with van der Waals surface area (Å²) in [5.74, 6) is 0.780. The van der Waals surface area contributed by atoms with Gasteiger partial charge in [-0.25, -0.2) is 4.98 Å². The van der Waals surface area contributed by atoms with Gasteiger partial charge in [-0.3, -0.25) is 0 Å². The summed E-state index contributed by atoms with van der Waals surface area (Å²) in [5, 5.41) is 15.8. The molecule has 0 unspecified atom stereocenters. The van der Waals surface area contributed by atoms with E-state index in [9.17, 15) is 5.26 Å². The number of rotatable bonds is 4. The van der Waals surface area contributed by atoms with Crippen molar-refractivity contribution in [3.63, 3.8) is 0 Å². The van der Waals surface area contributed by atoms with Crippen molar-refractivity contribution in [1.82, 2.24) is 9.97 Å². The molecule has 3 aromatic rings. The van der Waals surface area contributed by atoms with E-state index in [1.165, 1.54) is 6.20 Å². The van der Waals surface area contributed by atoms with Crippen molar-refractivity contribution in [3.05, 3.63) is 67.7 Å². The van der Waals surface area contributed by atoms with Crippen molar-refractivity contribution in [3.8, 4) is 6.07 Å². The van der Waals surface area contributed by atoms with E-state index in [1.54, 1.807) is 18.2 Å². The van der Waals surface area contributed by atoms with Crippen LogP contribution < -0.4 is 10.6 Å². The van der Waals surface area contributed by atoms with Crippen LogP contribution in [0.15, 0.2) is 51.5 Å². The van der Waals surface area contributed by atoms with Crippen LogP contribution in [0.1, 0.15) is 11.1 Å². The van der Waals surface area contributed by atoms with Crippen LogP contribution in [-0.4, -0.2) is 9.97 Å². The van der Waals surface area contributed by atoms with Crippen molar-refractivity contribution in [2.75, 3.05) is 10.6 Å². The Hall–Kier alpha value is -2.14.